The molecular weight excluding hydrogens is 438 g/mol. The molecule has 1 atom stereocenters. The number of benzene rings is 1. The van der Waals surface area contributed by atoms with Gasteiger partial charge in [0.05, 0.1) is 35.8 Å². The lowest BCUT2D eigenvalue weighted by Gasteiger charge is -2.34. The number of aromatic nitrogens is 6. The molecule has 6 heterocycles. The Bertz CT molecular complexity index is 1700. The van der Waals surface area contributed by atoms with Crippen molar-refractivity contribution in [3.63, 3.8) is 0 Å². The number of H-pyrrole nitrogens is 1. The van der Waals surface area contributed by atoms with Gasteiger partial charge in [-0.05, 0) is 37.3 Å². The Hall–Kier alpha value is -4.30. The first-order valence-electron chi connectivity index (χ1n) is 11.8. The molecule has 0 spiro atoms. The van der Waals surface area contributed by atoms with E-state index in [2.05, 4.69) is 49.7 Å². The molecule has 1 saturated heterocycles. The number of fused-ring (bicyclic) bond motifs is 3. The van der Waals surface area contributed by atoms with E-state index in [9.17, 15) is 0 Å². The number of anilines is 1. The highest BCUT2D eigenvalue weighted by Crippen LogP contribution is 2.34. The zero-order valence-electron chi connectivity index (χ0n) is 19.2. The second-order valence-corrected chi connectivity index (χ2v) is 8.86. The minimum absolute atomic E-state index is 0.213. The summed E-state index contributed by atoms with van der Waals surface area (Å²) >= 11 is 0. The van der Waals surface area contributed by atoms with Crippen molar-refractivity contribution in [2.45, 2.75) is 13.0 Å². The number of morpholine rings is 1. The summed E-state index contributed by atoms with van der Waals surface area (Å²) in [5.74, 6) is 1.61. The van der Waals surface area contributed by atoms with Gasteiger partial charge < -0.3 is 19.2 Å². The number of rotatable bonds is 3. The van der Waals surface area contributed by atoms with Crippen molar-refractivity contribution in [1.29, 1.82) is 0 Å². The van der Waals surface area contributed by atoms with E-state index in [1.165, 1.54) is 0 Å². The molecule has 7 rings (SSSR count). The van der Waals surface area contributed by atoms with Gasteiger partial charge in [-0.2, -0.15) is 0 Å². The number of nitrogens with zero attached hydrogens (tertiary/aromatic N) is 6. The van der Waals surface area contributed by atoms with Crippen LogP contribution < -0.4 is 4.90 Å². The van der Waals surface area contributed by atoms with Crippen molar-refractivity contribution in [2.75, 3.05) is 24.7 Å². The monoisotopic (exact) mass is 461 g/mol. The lowest BCUT2D eigenvalue weighted by atomic mass is 10.1. The standard InChI is InChI=1S/C27H23N7O/c1-17-16-35-15-14-33(17)26-21-9-13-34(23-8-12-28-22-5-3-2-4-20(22)23)27(21)32-25(31-26)19-7-11-30-24-18(19)6-10-29-24/h2-13,17H,14-16H2,1H3,(H,29,30). The number of ether oxygens (including phenoxy) is 1. The lowest BCUT2D eigenvalue weighted by molar-refractivity contribution is 0.0987. The highest BCUT2D eigenvalue weighted by Gasteiger charge is 2.25. The van der Waals surface area contributed by atoms with E-state index in [1.807, 2.05) is 48.8 Å². The molecule has 1 unspecified atom stereocenters. The van der Waals surface area contributed by atoms with Crippen molar-refractivity contribution in [2.24, 2.45) is 0 Å². The van der Waals surface area contributed by atoms with Crippen LogP contribution >= 0.6 is 0 Å². The Kier molecular flexibility index (Phi) is 4.53. The molecule has 5 aromatic heterocycles. The first-order chi connectivity index (χ1) is 17.3. The molecular formula is C27H23N7O. The molecule has 35 heavy (non-hydrogen) atoms. The molecule has 6 aromatic rings. The third kappa shape index (κ3) is 3.18. The van der Waals surface area contributed by atoms with Crippen LogP contribution in [-0.4, -0.2) is 55.3 Å². The summed E-state index contributed by atoms with van der Waals surface area (Å²) in [5.41, 5.74) is 4.63. The van der Waals surface area contributed by atoms with Crippen LogP contribution in [0, 0.1) is 0 Å². The molecule has 0 bridgehead atoms. The Labute approximate surface area is 201 Å². The van der Waals surface area contributed by atoms with Crippen LogP contribution in [-0.2, 0) is 4.74 Å². The fourth-order valence-electron chi connectivity index (χ4n) is 5.02. The normalized spacial score (nSPS) is 16.5. The number of hydrogen-bond acceptors (Lipinski definition) is 6. The van der Waals surface area contributed by atoms with E-state index in [0.717, 1.165) is 56.6 Å². The Morgan fingerprint density at radius 1 is 0.943 bits per heavy atom. The molecule has 172 valence electrons. The van der Waals surface area contributed by atoms with Gasteiger partial charge in [-0.15, -0.1) is 0 Å². The van der Waals surface area contributed by atoms with Crippen LogP contribution in [0.15, 0.2) is 73.3 Å². The van der Waals surface area contributed by atoms with Gasteiger partial charge in [-0.3, -0.25) is 4.98 Å². The van der Waals surface area contributed by atoms with E-state index in [0.29, 0.717) is 19.0 Å². The van der Waals surface area contributed by atoms with Crippen molar-refractivity contribution in [1.82, 2.24) is 29.5 Å². The van der Waals surface area contributed by atoms with E-state index >= 15 is 0 Å². The van der Waals surface area contributed by atoms with Crippen LogP contribution in [0.1, 0.15) is 6.92 Å². The molecule has 0 aliphatic carbocycles. The van der Waals surface area contributed by atoms with Gasteiger partial charge in [0.15, 0.2) is 11.5 Å². The summed E-state index contributed by atoms with van der Waals surface area (Å²) in [4.78, 5) is 24.8. The molecule has 1 N–H and O–H groups in total. The van der Waals surface area contributed by atoms with Gasteiger partial charge in [0.2, 0.25) is 0 Å². The molecule has 8 nitrogen and oxygen atoms in total. The third-order valence-electron chi connectivity index (χ3n) is 6.75. The Balaban J connectivity index is 1.53. The number of pyridine rings is 2. The van der Waals surface area contributed by atoms with Gasteiger partial charge >= 0.3 is 0 Å². The molecule has 1 aromatic carbocycles. The van der Waals surface area contributed by atoms with Gasteiger partial charge in [0, 0.05) is 47.7 Å². The van der Waals surface area contributed by atoms with Crippen LogP contribution in [0.3, 0.4) is 0 Å². The van der Waals surface area contributed by atoms with Crippen molar-refractivity contribution in [3.05, 3.63) is 73.3 Å². The second kappa shape index (κ2) is 7.89. The Morgan fingerprint density at radius 3 is 2.80 bits per heavy atom. The number of hydrogen-bond donors (Lipinski definition) is 1. The smallest absolute Gasteiger partial charge is 0.164 e. The average Bonchev–Trinajstić information content (AvgIpc) is 3.55. The fourth-order valence-corrected chi connectivity index (χ4v) is 5.02. The van der Waals surface area contributed by atoms with Crippen LogP contribution in [0.25, 0.3) is 50.0 Å². The molecule has 0 amide bonds. The van der Waals surface area contributed by atoms with Crippen LogP contribution in [0.4, 0.5) is 5.82 Å². The summed E-state index contributed by atoms with van der Waals surface area (Å²) in [7, 11) is 0. The Morgan fingerprint density at radius 2 is 1.86 bits per heavy atom. The maximum Gasteiger partial charge on any atom is 0.164 e. The zero-order valence-corrected chi connectivity index (χ0v) is 19.2. The van der Waals surface area contributed by atoms with E-state index in [1.54, 1.807) is 6.20 Å². The second-order valence-electron chi connectivity index (χ2n) is 8.86. The number of aromatic amines is 1. The van der Waals surface area contributed by atoms with E-state index < -0.39 is 0 Å². The highest BCUT2D eigenvalue weighted by molar-refractivity contribution is 5.97. The fraction of sp³-hybridized carbons (Fsp3) is 0.185. The summed E-state index contributed by atoms with van der Waals surface area (Å²) in [6.45, 7) is 4.31. The van der Waals surface area contributed by atoms with Gasteiger partial charge in [-0.25, -0.2) is 15.0 Å². The van der Waals surface area contributed by atoms with E-state index in [4.69, 9.17) is 14.7 Å². The average molecular weight is 462 g/mol. The molecule has 0 saturated carbocycles. The number of nitrogens with one attached hydrogen (secondary N) is 1. The van der Waals surface area contributed by atoms with Crippen molar-refractivity contribution >= 4 is 38.8 Å². The first kappa shape index (κ1) is 20.1. The van der Waals surface area contributed by atoms with Crippen molar-refractivity contribution in [3.8, 4) is 17.1 Å². The zero-order chi connectivity index (χ0) is 23.4. The summed E-state index contributed by atoms with van der Waals surface area (Å²) in [6.07, 6.45) is 7.63. The summed E-state index contributed by atoms with van der Waals surface area (Å²) < 4.78 is 7.87. The van der Waals surface area contributed by atoms with Gasteiger partial charge in [0.1, 0.15) is 11.5 Å². The van der Waals surface area contributed by atoms with E-state index in [-0.39, 0.29) is 6.04 Å². The van der Waals surface area contributed by atoms with Crippen LogP contribution in [0.2, 0.25) is 0 Å². The first-order valence-corrected chi connectivity index (χ1v) is 11.8. The number of para-hydroxylation sites is 1. The predicted octanol–water partition coefficient (Wildman–Crippen LogP) is 4.74. The van der Waals surface area contributed by atoms with Crippen molar-refractivity contribution < 1.29 is 4.74 Å². The van der Waals surface area contributed by atoms with Gasteiger partial charge in [-0.1, -0.05) is 18.2 Å². The lowest BCUT2D eigenvalue weighted by Crippen LogP contribution is -2.44. The topological polar surface area (TPSA) is 84.8 Å². The quantitative estimate of drug-likeness (QED) is 0.410. The van der Waals surface area contributed by atoms with Gasteiger partial charge in [0.25, 0.3) is 0 Å². The van der Waals surface area contributed by atoms with Crippen LogP contribution in [0.5, 0.6) is 0 Å². The largest absolute Gasteiger partial charge is 0.377 e. The molecule has 0 radical (unpaired) electrons. The minimum Gasteiger partial charge on any atom is -0.377 e. The molecule has 1 aliphatic heterocycles. The predicted molar refractivity (Wildman–Crippen MR) is 137 cm³/mol. The third-order valence-corrected chi connectivity index (χ3v) is 6.75. The minimum atomic E-state index is 0.213. The maximum atomic E-state index is 5.72. The highest BCUT2D eigenvalue weighted by atomic mass is 16.5. The maximum absolute atomic E-state index is 5.72. The SMILES string of the molecule is CC1COCCN1c1nc(-c2ccnc3[nH]ccc23)nc2c1ccn2-c1ccnc2ccccc12. The summed E-state index contributed by atoms with van der Waals surface area (Å²) in [5, 5.41) is 3.09. The molecule has 1 fully saturated rings. The molecule has 1 aliphatic rings. The summed E-state index contributed by atoms with van der Waals surface area (Å²) in [6, 6.07) is 16.6. The molecule has 8 heteroatoms.